The summed E-state index contributed by atoms with van der Waals surface area (Å²) < 4.78 is 0. The van der Waals surface area contributed by atoms with Gasteiger partial charge >= 0.3 is 0 Å². The van der Waals surface area contributed by atoms with E-state index < -0.39 is 0 Å². The molecule has 2 aromatic carbocycles. The molecule has 4 aliphatic rings. The molecule has 8 unspecified atom stereocenters. The summed E-state index contributed by atoms with van der Waals surface area (Å²) in [6.07, 6.45) is 1.34. The molecule has 1 heteroatoms. The number of hydrogen-bond acceptors (Lipinski definition) is 1. The van der Waals surface area contributed by atoms with Crippen molar-refractivity contribution < 1.29 is 0 Å². The monoisotopic (exact) mass is 532 g/mol. The number of fused-ring (bicyclic) bond motifs is 5. The third-order valence-electron chi connectivity index (χ3n) is 9.51. The van der Waals surface area contributed by atoms with Gasteiger partial charge in [-0.25, -0.2) is 0 Å². The molecule has 0 amide bonds. The summed E-state index contributed by atoms with van der Waals surface area (Å²) in [5.41, 5.74) is 7.96. The number of hydrogen-bond donors (Lipinski definition) is 0. The first-order valence-corrected chi connectivity index (χ1v) is 16.5. The van der Waals surface area contributed by atoms with E-state index in [0.717, 1.165) is 47.3 Å². The molecule has 1 saturated carbocycles. The van der Waals surface area contributed by atoms with E-state index in [2.05, 4.69) is 102 Å². The normalized spacial score (nSPS) is 29.5. The highest BCUT2D eigenvalue weighted by Crippen LogP contribution is 2.58. The van der Waals surface area contributed by atoms with Crippen molar-refractivity contribution in [1.82, 2.24) is 0 Å². The van der Waals surface area contributed by atoms with Gasteiger partial charge < -0.3 is 0 Å². The first kappa shape index (κ1) is 32.4. The van der Waals surface area contributed by atoms with Crippen LogP contribution in [0.3, 0.4) is 0 Å². The minimum absolute atomic E-state index is 0.788. The van der Waals surface area contributed by atoms with Gasteiger partial charge in [0, 0.05) is 4.88 Å². The Morgan fingerprint density at radius 2 is 1.00 bits per heavy atom. The Bertz CT molecular complexity index is 1040. The average molecular weight is 533 g/mol. The van der Waals surface area contributed by atoms with E-state index in [9.17, 15) is 0 Å². The molecule has 7 rings (SSSR count). The zero-order valence-corrected chi connectivity index (χ0v) is 27.3. The summed E-state index contributed by atoms with van der Waals surface area (Å²) >= 11 is 1.90. The SMILES string of the molecule is CC.CC.CC.CC1C(C)C2c3ccccc3CC12.CC1c2ccccc2C1C.CC1c2ccsc2C1C. The lowest BCUT2D eigenvalue weighted by atomic mass is 9.58. The largest absolute Gasteiger partial charge is 0.148 e. The summed E-state index contributed by atoms with van der Waals surface area (Å²) in [5.74, 6) is 6.95. The average Bonchev–Trinajstić information content (AvgIpc) is 3.61. The smallest absolute Gasteiger partial charge is 0.0114 e. The standard InChI is InChI=1S/C13H16.C10H12.C8H10S.3C2H6/c1-8-9(2)13-11-6-4-3-5-10(11)7-12(8)13;1-7-8(2)10-6-4-3-5-9(7)10;1-5-6(2)8-7(5)3-4-9-8;3*1-2/h3-6,8-9,12-13H,7H2,1-2H3;3-8H,1-2H3;3-6H,1-2H3;3*1-2H3. The Morgan fingerprint density at radius 3 is 1.53 bits per heavy atom. The zero-order valence-electron chi connectivity index (χ0n) is 26.5. The van der Waals surface area contributed by atoms with Crippen LogP contribution in [0.15, 0.2) is 60.0 Å². The van der Waals surface area contributed by atoms with E-state index >= 15 is 0 Å². The third kappa shape index (κ3) is 6.14. The van der Waals surface area contributed by atoms with Crippen molar-refractivity contribution in [2.45, 2.75) is 119 Å². The fraction of sp³-hybridized carbons (Fsp3) is 0.568. The van der Waals surface area contributed by atoms with Gasteiger partial charge in [-0.15, -0.1) is 11.3 Å². The lowest BCUT2D eigenvalue weighted by molar-refractivity contribution is 0.0763. The minimum atomic E-state index is 0.788. The van der Waals surface area contributed by atoms with Crippen LogP contribution in [-0.2, 0) is 6.42 Å². The molecule has 3 aromatic rings. The topological polar surface area (TPSA) is 0 Å². The molecule has 0 saturated heterocycles. The van der Waals surface area contributed by atoms with Crippen LogP contribution in [0.2, 0.25) is 0 Å². The highest BCUT2D eigenvalue weighted by atomic mass is 32.1. The highest BCUT2D eigenvalue weighted by Gasteiger charge is 2.49. The van der Waals surface area contributed by atoms with E-state index in [1.165, 1.54) is 6.42 Å². The Kier molecular flexibility index (Phi) is 12.8. The maximum absolute atomic E-state index is 2.41. The Hall–Kier alpha value is -1.86. The first-order valence-electron chi connectivity index (χ1n) is 15.6. The molecular weight excluding hydrogens is 476 g/mol. The van der Waals surface area contributed by atoms with Crippen molar-refractivity contribution in [2.75, 3.05) is 0 Å². The molecule has 1 aromatic heterocycles. The predicted octanol–water partition coefficient (Wildman–Crippen LogP) is 12.2. The zero-order chi connectivity index (χ0) is 28.6. The van der Waals surface area contributed by atoms with Crippen molar-refractivity contribution in [3.05, 3.63) is 92.7 Å². The Labute approximate surface area is 240 Å². The van der Waals surface area contributed by atoms with Crippen LogP contribution in [0.25, 0.3) is 0 Å². The van der Waals surface area contributed by atoms with Gasteiger partial charge in [0.15, 0.2) is 0 Å². The molecule has 0 bridgehead atoms. The van der Waals surface area contributed by atoms with Gasteiger partial charge in [0.1, 0.15) is 0 Å². The van der Waals surface area contributed by atoms with Crippen LogP contribution in [0.4, 0.5) is 0 Å². The van der Waals surface area contributed by atoms with Gasteiger partial charge in [-0.1, -0.05) is 132 Å². The van der Waals surface area contributed by atoms with Crippen LogP contribution in [0.1, 0.15) is 145 Å². The quantitative estimate of drug-likeness (QED) is 0.270. The van der Waals surface area contributed by atoms with Gasteiger partial charge in [-0.2, -0.15) is 0 Å². The van der Waals surface area contributed by atoms with E-state index in [4.69, 9.17) is 0 Å². The first-order chi connectivity index (χ1) is 18.4. The van der Waals surface area contributed by atoms with Crippen LogP contribution < -0.4 is 0 Å². The molecule has 4 aliphatic carbocycles. The van der Waals surface area contributed by atoms with E-state index in [1.807, 2.05) is 52.9 Å². The predicted molar refractivity (Wildman–Crippen MR) is 173 cm³/mol. The highest BCUT2D eigenvalue weighted by molar-refractivity contribution is 7.10. The minimum Gasteiger partial charge on any atom is -0.148 e. The van der Waals surface area contributed by atoms with Crippen LogP contribution >= 0.6 is 11.3 Å². The third-order valence-corrected chi connectivity index (χ3v) is 10.6. The van der Waals surface area contributed by atoms with Gasteiger partial charge in [0.2, 0.25) is 0 Å². The van der Waals surface area contributed by atoms with Crippen LogP contribution in [0.5, 0.6) is 0 Å². The van der Waals surface area contributed by atoms with Crippen LogP contribution in [-0.4, -0.2) is 0 Å². The Balaban J connectivity index is 0.000000185. The molecule has 38 heavy (non-hydrogen) atoms. The lowest BCUT2D eigenvalue weighted by Gasteiger charge is -2.46. The van der Waals surface area contributed by atoms with Crippen molar-refractivity contribution in [3.8, 4) is 0 Å². The second-order valence-corrected chi connectivity index (χ2v) is 11.8. The van der Waals surface area contributed by atoms with Gasteiger partial charge in [-0.3, -0.25) is 0 Å². The van der Waals surface area contributed by atoms with E-state index in [0.29, 0.717) is 0 Å². The molecular formula is C37H56S. The van der Waals surface area contributed by atoms with E-state index in [1.54, 1.807) is 32.7 Å². The lowest BCUT2D eigenvalue weighted by Crippen LogP contribution is -2.39. The maximum atomic E-state index is 2.41. The van der Waals surface area contributed by atoms with Crippen LogP contribution in [0, 0.1) is 17.8 Å². The fourth-order valence-corrected chi connectivity index (χ4v) is 7.84. The van der Waals surface area contributed by atoms with Crippen molar-refractivity contribution in [2.24, 2.45) is 17.8 Å². The molecule has 210 valence electrons. The van der Waals surface area contributed by atoms with Crippen molar-refractivity contribution in [1.29, 1.82) is 0 Å². The number of benzene rings is 2. The molecule has 0 spiro atoms. The van der Waals surface area contributed by atoms with Crippen molar-refractivity contribution >= 4 is 11.3 Å². The molecule has 8 atom stereocenters. The van der Waals surface area contributed by atoms with Crippen molar-refractivity contribution in [3.63, 3.8) is 0 Å². The maximum Gasteiger partial charge on any atom is 0.0114 e. The number of rotatable bonds is 0. The molecule has 0 nitrogen and oxygen atoms in total. The molecule has 0 aliphatic heterocycles. The summed E-state index contributed by atoms with van der Waals surface area (Å²) in [4.78, 5) is 1.61. The summed E-state index contributed by atoms with van der Waals surface area (Å²) in [6.45, 7) is 26.0. The molecule has 1 heterocycles. The summed E-state index contributed by atoms with van der Waals surface area (Å²) in [6, 6.07) is 20.0. The molecule has 1 fully saturated rings. The van der Waals surface area contributed by atoms with Gasteiger partial charge in [-0.05, 0) is 93.0 Å². The van der Waals surface area contributed by atoms with E-state index in [-0.39, 0.29) is 0 Å². The summed E-state index contributed by atoms with van der Waals surface area (Å²) in [7, 11) is 0. The fourth-order valence-electron chi connectivity index (χ4n) is 6.67. The number of thiophene rings is 1. The summed E-state index contributed by atoms with van der Waals surface area (Å²) in [5, 5.41) is 2.20. The van der Waals surface area contributed by atoms with Gasteiger partial charge in [0.05, 0.1) is 0 Å². The second kappa shape index (κ2) is 15.1. The Morgan fingerprint density at radius 1 is 0.526 bits per heavy atom. The second-order valence-electron chi connectivity index (χ2n) is 10.8. The van der Waals surface area contributed by atoms with Gasteiger partial charge in [0.25, 0.3) is 0 Å². The molecule has 0 N–H and O–H groups in total. The molecule has 0 radical (unpaired) electrons.